The highest BCUT2D eigenvalue weighted by molar-refractivity contribution is 5.06. The zero-order valence-corrected chi connectivity index (χ0v) is 10.7. The third kappa shape index (κ3) is 9.78. The first-order valence-corrected chi connectivity index (χ1v) is 6.63. The van der Waals surface area contributed by atoms with Gasteiger partial charge in [0.05, 0.1) is 0 Å². The van der Waals surface area contributed by atoms with Crippen LogP contribution >= 0.6 is 0 Å². The maximum atomic E-state index is 3.83. The van der Waals surface area contributed by atoms with E-state index < -0.39 is 0 Å². The Bertz CT molecular complexity index is 165. The van der Waals surface area contributed by atoms with E-state index in [1.807, 2.05) is 6.08 Å². The van der Waals surface area contributed by atoms with Crippen LogP contribution in [0.3, 0.4) is 0 Å². The van der Waals surface area contributed by atoms with Gasteiger partial charge in [0.25, 0.3) is 0 Å². The number of rotatable bonds is 10. The third-order valence-corrected chi connectivity index (χ3v) is 2.75. The summed E-state index contributed by atoms with van der Waals surface area (Å²) in [7, 11) is 0. The topological polar surface area (TPSA) is 0 Å². The molecular weight excluding hydrogens is 180 g/mol. The molecule has 0 heteroatoms. The summed E-state index contributed by atoms with van der Waals surface area (Å²) in [5, 5.41) is 0. The lowest BCUT2D eigenvalue weighted by atomic mass is 10.0. The Morgan fingerprint density at radius 2 is 1.73 bits per heavy atom. The molecular formula is C15H28. The largest absolute Gasteiger partial charge is 0.103 e. The molecule has 0 unspecified atom stereocenters. The van der Waals surface area contributed by atoms with Crippen LogP contribution in [0, 0.1) is 0 Å². The van der Waals surface area contributed by atoms with Crippen LogP contribution in [-0.4, -0.2) is 0 Å². The zero-order chi connectivity index (χ0) is 11.4. The summed E-state index contributed by atoms with van der Waals surface area (Å²) in [6, 6.07) is 0. The van der Waals surface area contributed by atoms with Gasteiger partial charge in [0.2, 0.25) is 0 Å². The minimum Gasteiger partial charge on any atom is -0.103 e. The first kappa shape index (κ1) is 14.5. The van der Waals surface area contributed by atoms with Crippen LogP contribution in [0.4, 0.5) is 0 Å². The summed E-state index contributed by atoms with van der Waals surface area (Å²) in [5.74, 6) is 0. The molecule has 0 N–H and O–H groups in total. The fraction of sp³-hybridized carbons (Fsp3) is 0.733. The molecule has 0 bridgehead atoms. The number of allylic oxidation sites excluding steroid dienone is 3. The van der Waals surface area contributed by atoms with Crippen molar-refractivity contribution in [3.63, 3.8) is 0 Å². The van der Waals surface area contributed by atoms with Crippen LogP contribution in [0.25, 0.3) is 0 Å². The molecule has 0 nitrogen and oxygen atoms in total. The monoisotopic (exact) mass is 208 g/mol. The SMILES string of the molecule is C=CC/C(=C\CCCCCC)CCCC. The molecule has 0 rings (SSSR count). The normalized spacial score (nSPS) is 11.7. The molecule has 0 spiro atoms. The minimum absolute atomic E-state index is 1.09. The van der Waals surface area contributed by atoms with Crippen LogP contribution < -0.4 is 0 Å². The average Bonchev–Trinajstić information content (AvgIpc) is 2.25. The quantitative estimate of drug-likeness (QED) is 0.321. The van der Waals surface area contributed by atoms with Gasteiger partial charge in [-0.2, -0.15) is 0 Å². The Hall–Kier alpha value is -0.520. The van der Waals surface area contributed by atoms with Crippen molar-refractivity contribution < 1.29 is 0 Å². The Morgan fingerprint density at radius 1 is 1.00 bits per heavy atom. The summed E-state index contributed by atoms with van der Waals surface area (Å²) < 4.78 is 0. The Balaban J connectivity index is 3.67. The van der Waals surface area contributed by atoms with Gasteiger partial charge in [-0.05, 0) is 32.1 Å². The summed E-state index contributed by atoms with van der Waals surface area (Å²) in [6.45, 7) is 8.35. The summed E-state index contributed by atoms with van der Waals surface area (Å²) in [4.78, 5) is 0. The van der Waals surface area contributed by atoms with E-state index in [4.69, 9.17) is 0 Å². The second-order valence-electron chi connectivity index (χ2n) is 4.31. The Labute approximate surface area is 96.5 Å². The standard InChI is InChI=1S/C15H28/c1-4-7-9-10-11-14-15(12-6-3)13-8-5-2/h6,14H,3-5,7-13H2,1-2H3/b15-14+. The molecule has 0 heterocycles. The number of hydrogen-bond acceptors (Lipinski definition) is 0. The molecule has 0 aromatic carbocycles. The number of unbranched alkanes of at least 4 members (excludes halogenated alkanes) is 5. The lowest BCUT2D eigenvalue weighted by Gasteiger charge is -2.04. The van der Waals surface area contributed by atoms with E-state index in [2.05, 4.69) is 26.5 Å². The van der Waals surface area contributed by atoms with E-state index in [0.717, 1.165) is 6.42 Å². The molecule has 0 aliphatic rings. The van der Waals surface area contributed by atoms with E-state index in [1.54, 1.807) is 5.57 Å². The van der Waals surface area contributed by atoms with Crippen LogP contribution in [0.15, 0.2) is 24.3 Å². The second kappa shape index (κ2) is 11.6. The molecule has 0 radical (unpaired) electrons. The van der Waals surface area contributed by atoms with Gasteiger partial charge in [-0.3, -0.25) is 0 Å². The first-order valence-electron chi connectivity index (χ1n) is 6.63. The van der Waals surface area contributed by atoms with E-state index in [9.17, 15) is 0 Å². The lowest BCUT2D eigenvalue weighted by Crippen LogP contribution is -1.84. The van der Waals surface area contributed by atoms with Gasteiger partial charge >= 0.3 is 0 Å². The predicted octanol–water partition coefficient (Wildman–Crippen LogP) is 5.65. The van der Waals surface area contributed by atoms with Gasteiger partial charge in [-0.1, -0.05) is 57.3 Å². The second-order valence-corrected chi connectivity index (χ2v) is 4.31. The number of hydrogen-bond donors (Lipinski definition) is 0. The first-order chi connectivity index (χ1) is 7.35. The minimum atomic E-state index is 1.09. The molecule has 15 heavy (non-hydrogen) atoms. The van der Waals surface area contributed by atoms with Crippen molar-refractivity contribution in [2.75, 3.05) is 0 Å². The van der Waals surface area contributed by atoms with E-state index in [-0.39, 0.29) is 0 Å². The van der Waals surface area contributed by atoms with Crippen molar-refractivity contribution in [2.45, 2.75) is 71.6 Å². The molecule has 0 aromatic rings. The van der Waals surface area contributed by atoms with E-state index in [0.29, 0.717) is 0 Å². The Kier molecular flexibility index (Phi) is 11.2. The van der Waals surface area contributed by atoms with E-state index in [1.165, 1.54) is 51.4 Å². The highest BCUT2D eigenvalue weighted by atomic mass is 14.0. The van der Waals surface area contributed by atoms with Gasteiger partial charge in [0, 0.05) is 0 Å². The van der Waals surface area contributed by atoms with Crippen LogP contribution in [0.1, 0.15) is 71.6 Å². The van der Waals surface area contributed by atoms with Crippen molar-refractivity contribution in [3.05, 3.63) is 24.3 Å². The van der Waals surface area contributed by atoms with Crippen molar-refractivity contribution in [3.8, 4) is 0 Å². The molecule has 0 atom stereocenters. The smallest absolute Gasteiger partial charge is 0.0142 e. The third-order valence-electron chi connectivity index (χ3n) is 2.75. The highest BCUT2D eigenvalue weighted by Gasteiger charge is 1.94. The van der Waals surface area contributed by atoms with Crippen LogP contribution in [-0.2, 0) is 0 Å². The van der Waals surface area contributed by atoms with Crippen molar-refractivity contribution >= 4 is 0 Å². The molecule has 0 aromatic heterocycles. The fourth-order valence-electron chi connectivity index (χ4n) is 1.75. The molecule has 0 aliphatic heterocycles. The van der Waals surface area contributed by atoms with Gasteiger partial charge < -0.3 is 0 Å². The van der Waals surface area contributed by atoms with Gasteiger partial charge in [-0.15, -0.1) is 6.58 Å². The van der Waals surface area contributed by atoms with Crippen molar-refractivity contribution in [2.24, 2.45) is 0 Å². The van der Waals surface area contributed by atoms with Crippen LogP contribution in [0.5, 0.6) is 0 Å². The maximum Gasteiger partial charge on any atom is -0.0142 e. The molecule has 88 valence electrons. The van der Waals surface area contributed by atoms with Crippen molar-refractivity contribution in [1.29, 1.82) is 0 Å². The molecule has 0 saturated carbocycles. The average molecular weight is 208 g/mol. The molecule has 0 amide bonds. The maximum absolute atomic E-state index is 3.83. The summed E-state index contributed by atoms with van der Waals surface area (Å²) >= 11 is 0. The Morgan fingerprint density at radius 3 is 2.33 bits per heavy atom. The molecule has 0 saturated heterocycles. The lowest BCUT2D eigenvalue weighted by molar-refractivity contribution is 0.670. The van der Waals surface area contributed by atoms with Gasteiger partial charge in [0.15, 0.2) is 0 Å². The van der Waals surface area contributed by atoms with Crippen LogP contribution in [0.2, 0.25) is 0 Å². The van der Waals surface area contributed by atoms with Gasteiger partial charge in [0.1, 0.15) is 0 Å². The molecule has 0 fully saturated rings. The molecule has 0 aliphatic carbocycles. The fourth-order valence-corrected chi connectivity index (χ4v) is 1.75. The van der Waals surface area contributed by atoms with E-state index >= 15 is 0 Å². The van der Waals surface area contributed by atoms with Crippen molar-refractivity contribution in [1.82, 2.24) is 0 Å². The summed E-state index contributed by atoms with van der Waals surface area (Å²) in [5.41, 5.74) is 1.60. The summed E-state index contributed by atoms with van der Waals surface area (Å²) in [6.07, 6.45) is 16.2. The highest BCUT2D eigenvalue weighted by Crippen LogP contribution is 2.14. The van der Waals surface area contributed by atoms with Gasteiger partial charge in [-0.25, -0.2) is 0 Å². The predicted molar refractivity (Wildman–Crippen MR) is 71.2 cm³/mol. The zero-order valence-electron chi connectivity index (χ0n) is 10.7.